The van der Waals surface area contributed by atoms with Crippen molar-refractivity contribution in [2.75, 3.05) is 14.7 Å². The number of aldehydes is 2. The second kappa shape index (κ2) is 42.9. The Morgan fingerprint density at radius 2 is 0.321 bits per heavy atom. The molecular formula is C123H95N3O3P2. The highest BCUT2D eigenvalue weighted by atomic mass is 31.2. The van der Waals surface area contributed by atoms with E-state index in [1.54, 1.807) is 24.3 Å². The summed E-state index contributed by atoms with van der Waals surface area (Å²) in [4.78, 5) is 28.8. The van der Waals surface area contributed by atoms with Crippen LogP contribution in [0.25, 0.3) is 72.9 Å². The van der Waals surface area contributed by atoms with Gasteiger partial charge >= 0.3 is 0 Å². The first-order valence-corrected chi connectivity index (χ1v) is 46.9. The van der Waals surface area contributed by atoms with Crippen LogP contribution < -0.4 is 46.5 Å². The molecule has 0 fully saturated rings. The van der Waals surface area contributed by atoms with Gasteiger partial charge in [0.25, 0.3) is 0 Å². The number of rotatable bonds is 29. The normalized spacial score (nSPS) is 11.5. The Labute approximate surface area is 770 Å². The minimum atomic E-state index is -3.23. The third kappa shape index (κ3) is 22.4. The summed E-state index contributed by atoms with van der Waals surface area (Å²) < 4.78 is 15.3. The number of hydrogen-bond donors (Lipinski definition) is 0. The molecule has 0 saturated carbocycles. The number of para-hydroxylation sites is 6. The minimum Gasteiger partial charge on any atom is -0.311 e. The standard InChI is InChI=1S/C78H60N3P.C45H35O3P/c1-7-19-67(20-8-1)79(68-21-9-2-10-22-68)73-49-37-61(38-50-73)31-34-64-43-55-76(56-44-64)82(77-57-45-65(46-58-77)35-32-62-39-51-74(52-40-62)80(69-23-11-3-12-24-69)70-25-13-4-14-26-70)78-59-47-66(48-60-78)36-33-63-41-53-75(54-42-63)81(71-27-15-5-16-28-71)72-29-17-6-18-30-72;1-34-2-4-35(5-3-34)6-9-38-20-26-43(27-21-38)49(48,44-28-22-39(23-29-44)10-7-36-12-16-41(32-46)17-13-36)45-30-24-40(25-31-45)11-8-37-14-18-42(33-47)19-15-37/h1-60H;2-33H,1H3/b34-31+,35-32+,36-33+;9-6+,10-7+,11-8+. The Morgan fingerprint density at radius 3 is 0.504 bits per heavy atom. The topological polar surface area (TPSA) is 60.9 Å². The van der Waals surface area contributed by atoms with Gasteiger partial charge in [-0.25, -0.2) is 0 Å². The third-order valence-electron chi connectivity index (χ3n) is 22.8. The highest BCUT2D eigenvalue weighted by Gasteiger charge is 2.30. The van der Waals surface area contributed by atoms with Crippen LogP contribution in [-0.4, -0.2) is 12.6 Å². The lowest BCUT2D eigenvalue weighted by Crippen LogP contribution is -2.25. The maximum Gasteiger partial charge on any atom is 0.171 e. The van der Waals surface area contributed by atoms with Crippen LogP contribution in [-0.2, 0) is 4.57 Å². The molecule has 0 bridgehead atoms. The fraction of sp³-hybridized carbons (Fsp3) is 0.00813. The summed E-state index contributed by atoms with van der Waals surface area (Å²) in [7, 11) is -4.10. The number of carbonyl (C=O) groups excluding carboxylic acids is 2. The van der Waals surface area contributed by atoms with E-state index in [0.717, 1.165) is 146 Å². The van der Waals surface area contributed by atoms with Gasteiger partial charge in [-0.15, -0.1) is 0 Å². The van der Waals surface area contributed by atoms with Gasteiger partial charge in [0.2, 0.25) is 0 Å². The fourth-order valence-electron chi connectivity index (χ4n) is 15.7. The van der Waals surface area contributed by atoms with Crippen LogP contribution in [0.5, 0.6) is 0 Å². The van der Waals surface area contributed by atoms with Gasteiger partial charge in [-0.05, 0) is 207 Å². The predicted molar refractivity (Wildman–Crippen MR) is 563 cm³/mol. The van der Waals surface area contributed by atoms with Crippen LogP contribution in [0.15, 0.2) is 473 Å². The Kier molecular flexibility index (Phi) is 28.4. The molecule has 131 heavy (non-hydrogen) atoms. The number of aryl methyl sites for hydroxylation is 1. The second-order valence-electron chi connectivity index (χ2n) is 31.8. The van der Waals surface area contributed by atoms with E-state index in [1.165, 1.54) is 21.5 Å². The SMILES string of the molecule is C(=C\c1ccc(P(c2ccc(/C=C/c3ccc(N(c4ccccc4)c4ccccc4)cc3)cc2)c2ccc(/C=C/c3ccc(N(c4ccccc4)c4ccccc4)cc3)cc2)cc1)/c1ccc(N(c2ccccc2)c2ccccc2)cc1.Cc1ccc(/C=C/c2ccc(P(=O)(c3ccc(/C=C/c4ccc(C=O)cc4)cc3)c3ccc(/C=C/c4ccc(C=O)cc4)cc3)cc2)cc1. The van der Waals surface area contributed by atoms with Crippen LogP contribution in [0.2, 0.25) is 0 Å². The van der Waals surface area contributed by atoms with Gasteiger partial charge in [0.15, 0.2) is 7.14 Å². The lowest BCUT2D eigenvalue weighted by molar-refractivity contribution is 0.111. The average Bonchev–Trinajstić information content (AvgIpc) is 0.759. The summed E-state index contributed by atoms with van der Waals surface area (Å²) in [5.41, 5.74) is 25.6. The summed E-state index contributed by atoms with van der Waals surface area (Å²) in [6.45, 7) is 2.08. The minimum absolute atomic E-state index is 0.641. The Morgan fingerprint density at radius 1 is 0.176 bits per heavy atom. The molecule has 18 aromatic rings. The van der Waals surface area contributed by atoms with Gasteiger partial charge in [0.05, 0.1) is 0 Å². The number of anilines is 9. The molecule has 0 atom stereocenters. The number of carbonyl (C=O) groups is 2. The van der Waals surface area contributed by atoms with Crippen molar-refractivity contribution in [1.82, 2.24) is 0 Å². The smallest absolute Gasteiger partial charge is 0.171 e. The van der Waals surface area contributed by atoms with E-state index in [-0.39, 0.29) is 0 Å². The lowest BCUT2D eigenvalue weighted by atomic mass is 10.1. The summed E-state index contributed by atoms with van der Waals surface area (Å²) >= 11 is 0. The van der Waals surface area contributed by atoms with E-state index in [2.05, 4.69) is 422 Å². The summed E-state index contributed by atoms with van der Waals surface area (Å²) in [5.74, 6) is 0. The molecule has 0 aliphatic carbocycles. The van der Waals surface area contributed by atoms with E-state index >= 15 is 4.57 Å². The van der Waals surface area contributed by atoms with Gasteiger partial charge < -0.3 is 19.3 Å². The molecule has 0 radical (unpaired) electrons. The zero-order valence-corrected chi connectivity index (χ0v) is 74.4. The highest BCUT2D eigenvalue weighted by molar-refractivity contribution is 7.85. The van der Waals surface area contributed by atoms with Gasteiger partial charge in [0.1, 0.15) is 12.6 Å². The number of nitrogens with zero attached hydrogens (tertiary/aromatic N) is 3. The molecule has 0 aliphatic heterocycles. The maximum absolute atomic E-state index is 15.3. The molecule has 18 aromatic carbocycles. The molecule has 0 aromatic heterocycles. The summed E-state index contributed by atoms with van der Waals surface area (Å²) in [6, 6.07) is 164. The Hall–Kier alpha value is -16.2. The van der Waals surface area contributed by atoms with Gasteiger partial charge in [-0.2, -0.15) is 0 Å². The molecule has 630 valence electrons. The van der Waals surface area contributed by atoms with Crippen molar-refractivity contribution in [2.45, 2.75) is 6.92 Å². The molecule has 18 rings (SSSR count). The molecular weight excluding hydrogens is 1630 g/mol. The van der Waals surface area contributed by atoms with Crippen molar-refractivity contribution in [1.29, 1.82) is 0 Å². The lowest BCUT2D eigenvalue weighted by Gasteiger charge is -2.25. The fourth-order valence-corrected chi connectivity index (χ4v) is 20.5. The summed E-state index contributed by atoms with van der Waals surface area (Å²) in [5, 5.41) is 6.15. The van der Waals surface area contributed by atoms with E-state index < -0.39 is 15.1 Å². The van der Waals surface area contributed by atoms with Crippen LogP contribution in [0, 0.1) is 6.92 Å². The quantitative estimate of drug-likeness (QED) is 0.0264. The molecule has 0 heterocycles. The highest BCUT2D eigenvalue weighted by Crippen LogP contribution is 2.44. The zero-order chi connectivity index (χ0) is 89.2. The molecule has 0 spiro atoms. The monoisotopic (exact) mass is 1720 g/mol. The first-order chi connectivity index (χ1) is 64.6. The molecule has 0 aliphatic rings. The average molecular weight is 1730 g/mol. The third-order valence-corrected chi connectivity index (χ3v) is 28.3. The maximum atomic E-state index is 15.3. The van der Waals surface area contributed by atoms with E-state index in [1.807, 2.05) is 121 Å². The van der Waals surface area contributed by atoms with Crippen molar-refractivity contribution in [3.63, 3.8) is 0 Å². The molecule has 0 saturated heterocycles. The van der Waals surface area contributed by atoms with Gasteiger partial charge in [-0.1, -0.05) is 442 Å². The van der Waals surface area contributed by atoms with E-state index in [9.17, 15) is 9.59 Å². The van der Waals surface area contributed by atoms with Crippen molar-refractivity contribution in [3.05, 3.63) is 557 Å². The van der Waals surface area contributed by atoms with Crippen molar-refractivity contribution < 1.29 is 14.2 Å². The van der Waals surface area contributed by atoms with E-state index in [0.29, 0.717) is 11.1 Å². The summed E-state index contributed by atoms with van der Waals surface area (Å²) in [6.07, 6.45) is 27.1. The van der Waals surface area contributed by atoms with E-state index in [4.69, 9.17) is 0 Å². The van der Waals surface area contributed by atoms with Crippen LogP contribution >= 0.6 is 15.1 Å². The largest absolute Gasteiger partial charge is 0.311 e. The first kappa shape index (κ1) is 86.9. The van der Waals surface area contributed by atoms with Gasteiger partial charge in [-0.3, -0.25) is 9.59 Å². The van der Waals surface area contributed by atoms with Crippen molar-refractivity contribution in [2.24, 2.45) is 0 Å². The van der Waals surface area contributed by atoms with Gasteiger partial charge in [0, 0.05) is 78.2 Å². The zero-order valence-electron chi connectivity index (χ0n) is 72.6. The molecule has 0 amide bonds. The Bertz CT molecular complexity index is 6350. The Balaban J connectivity index is 0.000000209. The number of benzene rings is 18. The van der Waals surface area contributed by atoms with Crippen LogP contribution in [0.3, 0.4) is 0 Å². The van der Waals surface area contributed by atoms with Crippen LogP contribution in [0.1, 0.15) is 93.0 Å². The second-order valence-corrected chi connectivity index (χ2v) is 36.8. The van der Waals surface area contributed by atoms with Crippen LogP contribution in [0.4, 0.5) is 51.2 Å². The number of hydrogen-bond acceptors (Lipinski definition) is 6. The van der Waals surface area contributed by atoms with Crippen molar-refractivity contribution in [3.8, 4) is 0 Å². The molecule has 8 heteroatoms. The van der Waals surface area contributed by atoms with Crippen molar-refractivity contribution >= 4 is 184 Å². The predicted octanol–water partition coefficient (Wildman–Crippen LogP) is 30.1. The molecule has 6 nitrogen and oxygen atoms in total. The first-order valence-electron chi connectivity index (χ1n) is 43.9. The molecule has 0 N–H and O–H groups in total. The molecule has 0 unspecified atom stereocenters.